The first-order valence-electron chi connectivity index (χ1n) is 8.49. The molecular weight excluding hydrogens is 320 g/mol. The van der Waals surface area contributed by atoms with Crippen molar-refractivity contribution in [2.24, 2.45) is 0 Å². The van der Waals surface area contributed by atoms with Crippen molar-refractivity contribution in [2.75, 3.05) is 6.54 Å². The van der Waals surface area contributed by atoms with E-state index >= 15 is 0 Å². The van der Waals surface area contributed by atoms with Crippen molar-refractivity contribution in [2.45, 2.75) is 38.6 Å². The van der Waals surface area contributed by atoms with Crippen LogP contribution in [0.25, 0.3) is 11.0 Å². The maximum absolute atomic E-state index is 13.0. The lowest BCUT2D eigenvalue weighted by molar-refractivity contribution is 0.0583. The van der Waals surface area contributed by atoms with Gasteiger partial charge in [0, 0.05) is 13.0 Å². The molecule has 1 fully saturated rings. The number of rotatable bonds is 3. The highest BCUT2D eigenvalue weighted by molar-refractivity contribution is 5.92. The summed E-state index contributed by atoms with van der Waals surface area (Å²) in [5, 5.41) is 12.2. The SMILES string of the molecule is CCc1nc(C2CCCCN2C(=O)c2nnc3ccccc3n2)no1. The van der Waals surface area contributed by atoms with Crippen molar-refractivity contribution in [3.63, 3.8) is 0 Å². The van der Waals surface area contributed by atoms with Crippen LogP contribution in [-0.4, -0.2) is 42.7 Å². The van der Waals surface area contributed by atoms with E-state index in [4.69, 9.17) is 4.52 Å². The van der Waals surface area contributed by atoms with Gasteiger partial charge >= 0.3 is 0 Å². The van der Waals surface area contributed by atoms with Gasteiger partial charge in [-0.05, 0) is 31.4 Å². The Kier molecular flexibility index (Phi) is 4.09. The fraction of sp³-hybridized carbons (Fsp3) is 0.412. The molecule has 1 aliphatic rings. The molecule has 1 unspecified atom stereocenters. The average molecular weight is 338 g/mol. The molecular formula is C17H18N6O2. The summed E-state index contributed by atoms with van der Waals surface area (Å²) in [6.07, 6.45) is 3.42. The molecule has 25 heavy (non-hydrogen) atoms. The number of amides is 1. The van der Waals surface area contributed by atoms with Crippen LogP contribution in [0.3, 0.4) is 0 Å². The molecule has 8 nitrogen and oxygen atoms in total. The normalized spacial score (nSPS) is 17.8. The molecule has 1 saturated heterocycles. The summed E-state index contributed by atoms with van der Waals surface area (Å²) in [5.74, 6) is 0.992. The predicted octanol–water partition coefficient (Wildman–Crippen LogP) is 2.34. The topological polar surface area (TPSA) is 97.9 Å². The maximum Gasteiger partial charge on any atom is 0.294 e. The van der Waals surface area contributed by atoms with Crippen LogP contribution >= 0.6 is 0 Å². The molecule has 0 bridgehead atoms. The Labute approximate surface area is 144 Å². The molecule has 0 spiro atoms. The van der Waals surface area contributed by atoms with Gasteiger partial charge in [-0.25, -0.2) is 4.98 Å². The number of fused-ring (bicyclic) bond motifs is 1. The summed E-state index contributed by atoms with van der Waals surface area (Å²) >= 11 is 0. The molecule has 0 radical (unpaired) electrons. The highest BCUT2D eigenvalue weighted by atomic mass is 16.5. The molecule has 1 amide bonds. The van der Waals surface area contributed by atoms with Crippen molar-refractivity contribution in [3.05, 3.63) is 41.8 Å². The summed E-state index contributed by atoms with van der Waals surface area (Å²) in [6, 6.07) is 7.16. The molecule has 1 atom stereocenters. The molecule has 3 aromatic rings. The third kappa shape index (κ3) is 2.95. The number of carbonyl (C=O) groups excluding carboxylic acids is 1. The van der Waals surface area contributed by atoms with Crippen molar-refractivity contribution in [3.8, 4) is 0 Å². The molecule has 1 aromatic carbocycles. The zero-order valence-corrected chi connectivity index (χ0v) is 13.9. The Hall–Kier alpha value is -2.90. The summed E-state index contributed by atoms with van der Waals surface area (Å²) < 4.78 is 5.22. The van der Waals surface area contributed by atoms with Gasteiger partial charge in [-0.1, -0.05) is 24.2 Å². The van der Waals surface area contributed by atoms with Gasteiger partial charge in [0.15, 0.2) is 5.82 Å². The van der Waals surface area contributed by atoms with Gasteiger partial charge in [0.1, 0.15) is 5.52 Å². The largest absolute Gasteiger partial charge is 0.339 e. The van der Waals surface area contributed by atoms with Gasteiger partial charge in [0.2, 0.25) is 11.7 Å². The second kappa shape index (κ2) is 6.54. The van der Waals surface area contributed by atoms with Crippen LogP contribution in [0.5, 0.6) is 0 Å². The highest BCUT2D eigenvalue weighted by Gasteiger charge is 2.33. The molecule has 0 N–H and O–H groups in total. The van der Waals surface area contributed by atoms with Gasteiger partial charge in [-0.3, -0.25) is 4.79 Å². The van der Waals surface area contributed by atoms with E-state index in [0.717, 1.165) is 19.3 Å². The van der Waals surface area contributed by atoms with E-state index in [1.807, 2.05) is 31.2 Å². The number of likely N-dealkylation sites (tertiary alicyclic amines) is 1. The zero-order valence-electron chi connectivity index (χ0n) is 13.9. The summed E-state index contributed by atoms with van der Waals surface area (Å²) in [4.78, 5) is 23.5. The van der Waals surface area contributed by atoms with E-state index in [-0.39, 0.29) is 17.8 Å². The van der Waals surface area contributed by atoms with E-state index in [9.17, 15) is 4.79 Å². The molecule has 1 aliphatic heterocycles. The van der Waals surface area contributed by atoms with Crippen molar-refractivity contribution in [1.29, 1.82) is 0 Å². The number of nitrogens with zero attached hydrogens (tertiary/aromatic N) is 6. The highest BCUT2D eigenvalue weighted by Crippen LogP contribution is 2.30. The smallest absolute Gasteiger partial charge is 0.294 e. The number of para-hydroxylation sites is 1. The van der Waals surface area contributed by atoms with Crippen molar-refractivity contribution >= 4 is 16.9 Å². The number of hydrogen-bond acceptors (Lipinski definition) is 7. The van der Waals surface area contributed by atoms with E-state index < -0.39 is 0 Å². The van der Waals surface area contributed by atoms with E-state index in [0.29, 0.717) is 35.7 Å². The Balaban J connectivity index is 1.65. The quantitative estimate of drug-likeness (QED) is 0.723. The minimum atomic E-state index is -0.245. The van der Waals surface area contributed by atoms with Crippen molar-refractivity contribution in [1.82, 2.24) is 30.2 Å². The lowest BCUT2D eigenvalue weighted by Gasteiger charge is -2.33. The van der Waals surface area contributed by atoms with Gasteiger partial charge in [0.05, 0.1) is 11.6 Å². The Morgan fingerprint density at radius 3 is 2.84 bits per heavy atom. The molecule has 4 rings (SSSR count). The van der Waals surface area contributed by atoms with Gasteiger partial charge in [0.25, 0.3) is 5.91 Å². The van der Waals surface area contributed by atoms with E-state index in [2.05, 4.69) is 25.3 Å². The van der Waals surface area contributed by atoms with Crippen LogP contribution < -0.4 is 0 Å². The minimum Gasteiger partial charge on any atom is -0.339 e. The van der Waals surface area contributed by atoms with Gasteiger partial charge in [-0.2, -0.15) is 4.98 Å². The Morgan fingerprint density at radius 2 is 2.04 bits per heavy atom. The van der Waals surface area contributed by atoms with Crippen LogP contribution in [0, 0.1) is 0 Å². The number of aromatic nitrogens is 5. The van der Waals surface area contributed by atoms with Crippen LogP contribution in [0.15, 0.2) is 28.8 Å². The zero-order chi connectivity index (χ0) is 17.2. The first kappa shape index (κ1) is 15.6. The van der Waals surface area contributed by atoms with Crippen LogP contribution in [-0.2, 0) is 6.42 Å². The monoisotopic (exact) mass is 338 g/mol. The fourth-order valence-electron chi connectivity index (χ4n) is 3.09. The number of carbonyl (C=O) groups is 1. The van der Waals surface area contributed by atoms with E-state index in [1.165, 1.54) is 0 Å². The Bertz CT molecular complexity index is 909. The summed E-state index contributed by atoms with van der Waals surface area (Å²) in [5.41, 5.74) is 1.32. The van der Waals surface area contributed by atoms with Gasteiger partial charge < -0.3 is 9.42 Å². The third-order valence-corrected chi connectivity index (χ3v) is 4.40. The number of hydrogen-bond donors (Lipinski definition) is 0. The molecule has 0 aliphatic carbocycles. The molecule has 3 heterocycles. The first-order valence-corrected chi connectivity index (χ1v) is 8.49. The lowest BCUT2D eigenvalue weighted by Crippen LogP contribution is -2.40. The lowest BCUT2D eigenvalue weighted by atomic mass is 10.0. The second-order valence-electron chi connectivity index (χ2n) is 6.03. The summed E-state index contributed by atoms with van der Waals surface area (Å²) in [7, 11) is 0. The molecule has 2 aromatic heterocycles. The first-order chi connectivity index (χ1) is 12.3. The molecule has 128 valence electrons. The second-order valence-corrected chi connectivity index (χ2v) is 6.03. The summed E-state index contributed by atoms with van der Waals surface area (Å²) in [6.45, 7) is 2.57. The maximum atomic E-state index is 13.0. The standard InChI is InChI=1S/C17H18N6O2/c1-2-14-19-15(22-25-14)13-9-5-6-10-23(13)17(24)16-18-11-7-3-4-8-12(11)20-21-16/h3-4,7-8,13H,2,5-6,9-10H2,1H3. The number of benzene rings is 1. The van der Waals surface area contributed by atoms with Crippen LogP contribution in [0.1, 0.15) is 54.6 Å². The average Bonchev–Trinajstić information content (AvgIpc) is 3.16. The molecule has 0 saturated carbocycles. The Morgan fingerprint density at radius 1 is 1.20 bits per heavy atom. The third-order valence-electron chi connectivity index (χ3n) is 4.40. The van der Waals surface area contributed by atoms with Gasteiger partial charge in [-0.15, -0.1) is 10.2 Å². The van der Waals surface area contributed by atoms with Crippen LogP contribution in [0.2, 0.25) is 0 Å². The number of aryl methyl sites for hydroxylation is 1. The minimum absolute atomic E-state index is 0.102. The molecule has 8 heteroatoms. The predicted molar refractivity (Wildman–Crippen MR) is 88.6 cm³/mol. The van der Waals surface area contributed by atoms with Crippen LogP contribution in [0.4, 0.5) is 0 Å². The fourth-order valence-corrected chi connectivity index (χ4v) is 3.09. The number of piperidine rings is 1. The van der Waals surface area contributed by atoms with Crippen molar-refractivity contribution < 1.29 is 9.32 Å². The van der Waals surface area contributed by atoms with E-state index in [1.54, 1.807) is 4.90 Å².